The average molecular weight is 391 g/mol. The van der Waals surface area contributed by atoms with Crippen LogP contribution in [0, 0.1) is 6.92 Å². The quantitative estimate of drug-likeness (QED) is 0.285. The van der Waals surface area contributed by atoms with Gasteiger partial charge in [-0.3, -0.25) is 0 Å². The number of rotatable bonds is 0. The molecule has 0 aliphatic heterocycles. The Balaban J connectivity index is 0.00000106. The molecule has 5 rings (SSSR count). The van der Waals surface area contributed by atoms with Crippen molar-refractivity contribution in [2.45, 2.75) is 40.0 Å². The van der Waals surface area contributed by atoms with E-state index >= 15 is 0 Å². The monoisotopic (exact) mass is 390 g/mol. The van der Waals surface area contributed by atoms with Crippen LogP contribution < -0.4 is 0 Å². The molecule has 1 aliphatic carbocycles. The number of aryl methyl sites for hydroxylation is 3. The molecule has 0 spiro atoms. The molecule has 0 N–H and O–H groups in total. The Morgan fingerprint density at radius 1 is 0.467 bits per heavy atom. The molecule has 1 aliphatic rings. The van der Waals surface area contributed by atoms with Crippen LogP contribution in [0.5, 0.6) is 0 Å². The Morgan fingerprint density at radius 3 is 1.50 bits per heavy atom. The first kappa shape index (κ1) is 20.2. The maximum atomic E-state index is 2.37. The van der Waals surface area contributed by atoms with Crippen molar-refractivity contribution in [2.24, 2.45) is 0 Å². The van der Waals surface area contributed by atoms with Crippen LogP contribution in [0.15, 0.2) is 91.0 Å². The van der Waals surface area contributed by atoms with Gasteiger partial charge in [0.15, 0.2) is 0 Å². The highest BCUT2D eigenvalue weighted by Gasteiger charge is 2.16. The summed E-state index contributed by atoms with van der Waals surface area (Å²) in [6, 6.07) is 33.7. The van der Waals surface area contributed by atoms with E-state index in [0.29, 0.717) is 0 Å². The fourth-order valence-corrected chi connectivity index (χ4v) is 4.54. The summed E-state index contributed by atoms with van der Waals surface area (Å²) in [5, 5.41) is 0. The highest BCUT2D eigenvalue weighted by atomic mass is 14.2. The van der Waals surface area contributed by atoms with Crippen molar-refractivity contribution in [3.63, 3.8) is 0 Å². The molecular weight excluding hydrogens is 360 g/mol. The predicted octanol–water partition coefficient (Wildman–Crippen LogP) is 8.04. The molecule has 30 heavy (non-hydrogen) atoms. The lowest BCUT2D eigenvalue weighted by molar-refractivity contribution is 0.962. The van der Waals surface area contributed by atoms with Crippen LogP contribution in [0.25, 0.3) is 22.3 Å². The topological polar surface area (TPSA) is 0 Å². The molecule has 0 unspecified atom stereocenters. The molecule has 4 aromatic carbocycles. The van der Waals surface area contributed by atoms with Gasteiger partial charge in [0.1, 0.15) is 0 Å². The lowest BCUT2D eigenvalue weighted by Crippen LogP contribution is -1.97. The molecule has 0 heteroatoms. The molecule has 0 saturated heterocycles. The average Bonchev–Trinajstić information content (AvgIpc) is 2.82. The Bertz CT molecular complexity index is 1150. The fraction of sp³-hybridized carbons (Fsp3) is 0.200. The van der Waals surface area contributed by atoms with Crippen LogP contribution in [0.2, 0.25) is 0 Å². The van der Waals surface area contributed by atoms with Gasteiger partial charge in [0.05, 0.1) is 0 Å². The van der Waals surface area contributed by atoms with Gasteiger partial charge >= 0.3 is 0 Å². The van der Waals surface area contributed by atoms with Gasteiger partial charge in [-0.15, -0.1) is 0 Å². The number of benzene rings is 4. The molecule has 0 atom stereocenters. The summed E-state index contributed by atoms with van der Waals surface area (Å²) in [6.07, 6.45) is 3.07. The summed E-state index contributed by atoms with van der Waals surface area (Å²) < 4.78 is 0. The third-order valence-corrected chi connectivity index (χ3v) is 5.94. The minimum absolute atomic E-state index is 0.952. The molecule has 0 heterocycles. The van der Waals surface area contributed by atoms with Crippen LogP contribution in [-0.4, -0.2) is 0 Å². The van der Waals surface area contributed by atoms with Crippen molar-refractivity contribution >= 4 is 0 Å². The standard InChI is InChI=1S/C28H24.C2H6/c1-20-14-17-28-24(18-20)16-15-21-8-2-5-11-25(21)26-12-6-3-9-22(26)19-23-10-4-7-13-27(23)28;1-2/h2-14,17-18H,15-16,19H2,1H3;1-2H3. The van der Waals surface area contributed by atoms with E-state index in [1.165, 1.54) is 50.1 Å². The summed E-state index contributed by atoms with van der Waals surface area (Å²) in [4.78, 5) is 0. The molecule has 0 amide bonds. The Kier molecular flexibility index (Phi) is 6.14. The zero-order chi connectivity index (χ0) is 20.9. The summed E-state index contributed by atoms with van der Waals surface area (Å²) in [5.74, 6) is 0. The molecule has 0 radical (unpaired) electrons. The van der Waals surface area contributed by atoms with Gasteiger partial charge < -0.3 is 0 Å². The maximum absolute atomic E-state index is 2.37. The van der Waals surface area contributed by atoms with Crippen molar-refractivity contribution < 1.29 is 0 Å². The van der Waals surface area contributed by atoms with Gasteiger partial charge in [-0.05, 0) is 70.7 Å². The van der Waals surface area contributed by atoms with E-state index in [-0.39, 0.29) is 0 Å². The lowest BCUT2D eigenvalue weighted by atomic mass is 9.89. The van der Waals surface area contributed by atoms with Crippen LogP contribution >= 0.6 is 0 Å². The molecular formula is C30H30. The lowest BCUT2D eigenvalue weighted by Gasteiger charge is -2.15. The summed E-state index contributed by atoms with van der Waals surface area (Å²) >= 11 is 0. The molecule has 0 nitrogen and oxygen atoms in total. The van der Waals surface area contributed by atoms with E-state index < -0.39 is 0 Å². The summed E-state index contributed by atoms with van der Waals surface area (Å²) in [5.41, 5.74) is 12.5. The largest absolute Gasteiger partial charge is 0.0683 e. The van der Waals surface area contributed by atoms with Crippen LogP contribution in [0.1, 0.15) is 41.7 Å². The SMILES string of the molecule is CC.Cc1ccc2c(c1)CCc1ccccc1-c1ccccc1Cc1ccccc1-2. The first-order valence-electron chi connectivity index (χ1n) is 11.1. The van der Waals surface area contributed by atoms with E-state index in [4.69, 9.17) is 0 Å². The third-order valence-electron chi connectivity index (χ3n) is 5.94. The van der Waals surface area contributed by atoms with Crippen molar-refractivity contribution in [1.82, 2.24) is 0 Å². The van der Waals surface area contributed by atoms with Gasteiger partial charge in [0.25, 0.3) is 0 Å². The highest BCUT2D eigenvalue weighted by Crippen LogP contribution is 2.35. The first-order valence-corrected chi connectivity index (χ1v) is 11.1. The van der Waals surface area contributed by atoms with Gasteiger partial charge in [0.2, 0.25) is 0 Å². The number of fused-ring (bicyclic) bond motifs is 6. The fourth-order valence-electron chi connectivity index (χ4n) is 4.54. The Labute approximate surface area is 181 Å². The molecule has 4 aromatic rings. The summed E-state index contributed by atoms with van der Waals surface area (Å²) in [6.45, 7) is 6.20. The molecule has 0 bridgehead atoms. The minimum Gasteiger partial charge on any atom is -0.0683 e. The van der Waals surface area contributed by atoms with E-state index in [2.05, 4.69) is 97.9 Å². The number of hydrogen-bond donors (Lipinski definition) is 0. The molecule has 0 saturated carbocycles. The molecule has 0 fully saturated rings. The second-order valence-corrected chi connectivity index (χ2v) is 7.81. The van der Waals surface area contributed by atoms with Gasteiger partial charge in [-0.2, -0.15) is 0 Å². The minimum atomic E-state index is 0.952. The van der Waals surface area contributed by atoms with Gasteiger partial charge in [0, 0.05) is 0 Å². The Hall–Kier alpha value is -3.12. The highest BCUT2D eigenvalue weighted by molar-refractivity contribution is 5.75. The molecule has 0 aromatic heterocycles. The molecule has 150 valence electrons. The van der Waals surface area contributed by atoms with Crippen LogP contribution in [0.3, 0.4) is 0 Å². The van der Waals surface area contributed by atoms with E-state index in [1.54, 1.807) is 0 Å². The summed E-state index contributed by atoms with van der Waals surface area (Å²) in [7, 11) is 0. The normalized spacial score (nSPS) is 12.1. The van der Waals surface area contributed by atoms with Crippen molar-refractivity contribution in [3.05, 3.63) is 119 Å². The van der Waals surface area contributed by atoms with Crippen LogP contribution in [-0.2, 0) is 19.3 Å². The third kappa shape index (κ3) is 3.96. The predicted molar refractivity (Wildman–Crippen MR) is 130 cm³/mol. The zero-order valence-electron chi connectivity index (χ0n) is 18.3. The smallest absolute Gasteiger partial charge is 0.00135 e. The van der Waals surface area contributed by atoms with E-state index in [9.17, 15) is 0 Å². The van der Waals surface area contributed by atoms with Crippen molar-refractivity contribution in [3.8, 4) is 22.3 Å². The Morgan fingerprint density at radius 2 is 0.900 bits per heavy atom. The van der Waals surface area contributed by atoms with Gasteiger partial charge in [-0.25, -0.2) is 0 Å². The second-order valence-electron chi connectivity index (χ2n) is 7.81. The van der Waals surface area contributed by atoms with Crippen LogP contribution in [0.4, 0.5) is 0 Å². The zero-order valence-corrected chi connectivity index (χ0v) is 18.3. The van der Waals surface area contributed by atoms with Gasteiger partial charge in [-0.1, -0.05) is 110 Å². The van der Waals surface area contributed by atoms with E-state index in [0.717, 1.165) is 19.3 Å². The van der Waals surface area contributed by atoms with Crippen molar-refractivity contribution in [1.29, 1.82) is 0 Å². The van der Waals surface area contributed by atoms with E-state index in [1.807, 2.05) is 13.8 Å². The number of hydrogen-bond acceptors (Lipinski definition) is 0. The maximum Gasteiger partial charge on any atom is -0.00135 e. The second kappa shape index (κ2) is 9.13. The first-order chi connectivity index (χ1) is 14.8. The van der Waals surface area contributed by atoms with Crippen molar-refractivity contribution in [2.75, 3.05) is 0 Å².